The Labute approximate surface area is 104 Å². The molecule has 0 radical (unpaired) electrons. The second kappa shape index (κ2) is 9.24. The van der Waals surface area contributed by atoms with E-state index in [0.717, 1.165) is 25.4 Å². The third kappa shape index (κ3) is 6.48. The van der Waals surface area contributed by atoms with Gasteiger partial charge < -0.3 is 10.1 Å². The summed E-state index contributed by atoms with van der Waals surface area (Å²) in [6, 6.07) is 0. The highest BCUT2D eigenvalue weighted by Gasteiger charge is 2.13. The molecule has 0 spiro atoms. The third-order valence-corrected chi connectivity index (χ3v) is 3.25. The van der Waals surface area contributed by atoms with Crippen LogP contribution in [0.2, 0.25) is 0 Å². The van der Waals surface area contributed by atoms with E-state index in [1.807, 2.05) is 0 Å². The van der Waals surface area contributed by atoms with E-state index in [9.17, 15) is 0 Å². The topological polar surface area (TPSA) is 71.7 Å². The lowest BCUT2D eigenvalue weighted by molar-refractivity contribution is 0.203. The Kier molecular flexibility index (Phi) is 7.75. The monoisotopic (exact) mass is 242 g/mol. The van der Waals surface area contributed by atoms with Gasteiger partial charge >= 0.3 is 0 Å². The number of methoxy groups -OCH3 is 1. The number of aliphatic imine (C=N–C) groups is 1. The van der Waals surface area contributed by atoms with E-state index in [1.54, 1.807) is 7.11 Å². The Morgan fingerprint density at radius 1 is 1.41 bits per heavy atom. The Hall–Kier alpha value is -0.810. The van der Waals surface area contributed by atoms with Crippen LogP contribution in [0.1, 0.15) is 38.5 Å². The van der Waals surface area contributed by atoms with Crippen LogP contribution in [0.4, 0.5) is 0 Å². The number of nitrogens with zero attached hydrogens (tertiary/aromatic N) is 1. The molecule has 0 bridgehead atoms. The summed E-state index contributed by atoms with van der Waals surface area (Å²) in [6.07, 6.45) is 8.13. The highest BCUT2D eigenvalue weighted by molar-refractivity contribution is 5.79. The molecule has 0 saturated heterocycles. The van der Waals surface area contributed by atoms with Gasteiger partial charge in [0.05, 0.1) is 6.61 Å². The second-order valence-corrected chi connectivity index (χ2v) is 4.59. The van der Waals surface area contributed by atoms with Crippen LogP contribution in [0.3, 0.4) is 0 Å². The summed E-state index contributed by atoms with van der Waals surface area (Å²) in [5.74, 6) is 6.98. The van der Waals surface area contributed by atoms with Crippen molar-refractivity contribution in [3.63, 3.8) is 0 Å². The lowest BCUT2D eigenvalue weighted by Gasteiger charge is -2.09. The Bertz CT molecular complexity index is 215. The minimum absolute atomic E-state index is 0.656. The first-order valence-corrected chi connectivity index (χ1v) is 6.60. The zero-order valence-electron chi connectivity index (χ0n) is 10.9. The SMILES string of the molecule is COCCNC(=NCCCC1CCCC1)NN. The predicted molar refractivity (Wildman–Crippen MR) is 70.7 cm³/mol. The van der Waals surface area contributed by atoms with Crippen molar-refractivity contribution in [2.75, 3.05) is 26.8 Å². The smallest absolute Gasteiger partial charge is 0.205 e. The van der Waals surface area contributed by atoms with Gasteiger partial charge in [-0.1, -0.05) is 25.7 Å². The average Bonchev–Trinajstić information content (AvgIpc) is 2.85. The molecule has 5 heteroatoms. The molecule has 0 unspecified atom stereocenters. The Balaban J connectivity index is 2.06. The molecule has 17 heavy (non-hydrogen) atoms. The van der Waals surface area contributed by atoms with Gasteiger partial charge in [-0.2, -0.15) is 0 Å². The number of hydrogen-bond donors (Lipinski definition) is 3. The zero-order valence-corrected chi connectivity index (χ0v) is 10.9. The number of rotatable bonds is 7. The number of nitrogens with two attached hydrogens (primary N) is 1. The first-order chi connectivity index (χ1) is 8.36. The Morgan fingerprint density at radius 2 is 2.18 bits per heavy atom. The molecule has 100 valence electrons. The summed E-state index contributed by atoms with van der Waals surface area (Å²) >= 11 is 0. The standard InChI is InChI=1S/C12H26N4O/c1-17-10-9-15-12(16-13)14-8-4-7-11-5-2-3-6-11/h11H,2-10,13H2,1H3,(H2,14,15,16). The Morgan fingerprint density at radius 3 is 2.82 bits per heavy atom. The van der Waals surface area contributed by atoms with Gasteiger partial charge in [0, 0.05) is 20.2 Å². The maximum Gasteiger partial charge on any atom is 0.205 e. The fraction of sp³-hybridized carbons (Fsp3) is 0.917. The van der Waals surface area contributed by atoms with E-state index in [4.69, 9.17) is 10.6 Å². The van der Waals surface area contributed by atoms with Crippen molar-refractivity contribution in [2.24, 2.45) is 16.8 Å². The van der Waals surface area contributed by atoms with Gasteiger partial charge in [-0.25, -0.2) is 5.84 Å². The van der Waals surface area contributed by atoms with E-state index in [1.165, 1.54) is 32.1 Å². The van der Waals surface area contributed by atoms with Gasteiger partial charge in [-0.3, -0.25) is 10.4 Å². The van der Waals surface area contributed by atoms with Crippen LogP contribution in [-0.4, -0.2) is 32.8 Å². The first kappa shape index (κ1) is 14.3. The molecule has 1 aliphatic carbocycles. The molecule has 1 rings (SSSR count). The molecule has 0 aromatic carbocycles. The molecule has 0 amide bonds. The van der Waals surface area contributed by atoms with Crippen LogP contribution in [-0.2, 0) is 4.74 Å². The van der Waals surface area contributed by atoms with Crippen LogP contribution in [0.15, 0.2) is 4.99 Å². The molecule has 0 aromatic rings. The maximum absolute atomic E-state index is 5.38. The van der Waals surface area contributed by atoms with Crippen molar-refractivity contribution in [2.45, 2.75) is 38.5 Å². The number of guanidine groups is 1. The molecular weight excluding hydrogens is 216 g/mol. The van der Waals surface area contributed by atoms with Gasteiger partial charge in [0.2, 0.25) is 5.96 Å². The number of nitrogens with one attached hydrogen (secondary N) is 2. The molecule has 5 nitrogen and oxygen atoms in total. The van der Waals surface area contributed by atoms with Gasteiger partial charge in [-0.05, 0) is 18.8 Å². The zero-order chi connectivity index (χ0) is 12.3. The van der Waals surface area contributed by atoms with Crippen molar-refractivity contribution in [1.82, 2.24) is 10.7 Å². The highest BCUT2D eigenvalue weighted by Crippen LogP contribution is 2.28. The normalized spacial score (nSPS) is 17.4. The predicted octanol–water partition coefficient (Wildman–Crippen LogP) is 1.01. The molecule has 1 saturated carbocycles. The summed E-state index contributed by atoms with van der Waals surface area (Å²) in [5, 5.41) is 3.09. The minimum atomic E-state index is 0.656. The number of hydrazine groups is 1. The fourth-order valence-electron chi connectivity index (χ4n) is 2.29. The van der Waals surface area contributed by atoms with E-state index >= 15 is 0 Å². The molecule has 1 aliphatic rings. The average molecular weight is 242 g/mol. The van der Waals surface area contributed by atoms with Crippen molar-refractivity contribution in [3.8, 4) is 0 Å². The van der Waals surface area contributed by atoms with Gasteiger partial charge in [0.15, 0.2) is 0 Å². The first-order valence-electron chi connectivity index (χ1n) is 6.60. The van der Waals surface area contributed by atoms with Crippen LogP contribution >= 0.6 is 0 Å². The van der Waals surface area contributed by atoms with E-state index in [-0.39, 0.29) is 0 Å². The third-order valence-electron chi connectivity index (χ3n) is 3.25. The molecule has 0 heterocycles. The van der Waals surface area contributed by atoms with Crippen molar-refractivity contribution in [1.29, 1.82) is 0 Å². The number of hydrogen-bond acceptors (Lipinski definition) is 3. The molecular formula is C12H26N4O. The second-order valence-electron chi connectivity index (χ2n) is 4.59. The van der Waals surface area contributed by atoms with E-state index < -0.39 is 0 Å². The summed E-state index contributed by atoms with van der Waals surface area (Å²) in [6.45, 7) is 2.22. The van der Waals surface area contributed by atoms with Crippen LogP contribution < -0.4 is 16.6 Å². The molecule has 0 aliphatic heterocycles. The largest absolute Gasteiger partial charge is 0.383 e. The van der Waals surface area contributed by atoms with Crippen molar-refractivity contribution in [3.05, 3.63) is 0 Å². The van der Waals surface area contributed by atoms with Gasteiger partial charge in [-0.15, -0.1) is 0 Å². The van der Waals surface area contributed by atoms with Crippen LogP contribution in [0, 0.1) is 5.92 Å². The van der Waals surface area contributed by atoms with E-state index in [0.29, 0.717) is 12.6 Å². The van der Waals surface area contributed by atoms with Crippen LogP contribution in [0.25, 0.3) is 0 Å². The van der Waals surface area contributed by atoms with Gasteiger partial charge in [0.1, 0.15) is 0 Å². The van der Waals surface area contributed by atoms with E-state index in [2.05, 4.69) is 15.7 Å². The minimum Gasteiger partial charge on any atom is -0.383 e. The quantitative estimate of drug-likeness (QED) is 0.205. The van der Waals surface area contributed by atoms with Crippen molar-refractivity contribution < 1.29 is 4.74 Å². The van der Waals surface area contributed by atoms with Crippen LogP contribution in [0.5, 0.6) is 0 Å². The molecule has 0 atom stereocenters. The highest BCUT2D eigenvalue weighted by atomic mass is 16.5. The lowest BCUT2D eigenvalue weighted by Crippen LogP contribution is -2.42. The molecule has 4 N–H and O–H groups in total. The maximum atomic E-state index is 5.38. The van der Waals surface area contributed by atoms with Gasteiger partial charge in [0.25, 0.3) is 0 Å². The summed E-state index contributed by atoms with van der Waals surface area (Å²) < 4.78 is 4.94. The summed E-state index contributed by atoms with van der Waals surface area (Å²) in [4.78, 5) is 4.39. The van der Waals surface area contributed by atoms with Crippen molar-refractivity contribution >= 4 is 5.96 Å². The lowest BCUT2D eigenvalue weighted by atomic mass is 10.0. The summed E-state index contributed by atoms with van der Waals surface area (Å²) in [7, 11) is 1.68. The summed E-state index contributed by atoms with van der Waals surface area (Å²) in [5.41, 5.74) is 2.57. The molecule has 1 fully saturated rings. The number of ether oxygens (including phenoxy) is 1. The molecule has 0 aromatic heterocycles. The fourth-order valence-corrected chi connectivity index (χ4v) is 2.29.